The Kier molecular flexibility index (Phi) is 6.72. The van der Waals surface area contributed by atoms with Crippen molar-refractivity contribution in [2.75, 3.05) is 0 Å². The fourth-order valence-electron chi connectivity index (χ4n) is 9.82. The molecule has 59 heavy (non-hydrogen) atoms. The second-order valence-electron chi connectivity index (χ2n) is 15.5. The van der Waals surface area contributed by atoms with E-state index >= 15 is 0 Å². The summed E-state index contributed by atoms with van der Waals surface area (Å²) >= 11 is 0. The second-order valence-corrected chi connectivity index (χ2v) is 15.5. The van der Waals surface area contributed by atoms with Gasteiger partial charge >= 0.3 is 0 Å². The van der Waals surface area contributed by atoms with Crippen molar-refractivity contribution >= 4 is 87.5 Å². The molecule has 13 rings (SSSR count). The minimum Gasteiger partial charge on any atom is -0.452 e. The molecule has 276 valence electrons. The Hall–Kier alpha value is -7.89. The second kappa shape index (κ2) is 12.3. The van der Waals surface area contributed by atoms with Gasteiger partial charge in [-0.1, -0.05) is 115 Å². The first-order chi connectivity index (χ1) is 29.3. The Morgan fingerprint density at radius 2 is 0.898 bits per heavy atom. The van der Waals surface area contributed by atoms with Crippen molar-refractivity contribution in [1.82, 2.24) is 18.7 Å². The Labute approximate surface area is 338 Å². The van der Waals surface area contributed by atoms with E-state index in [4.69, 9.17) is 9.40 Å². The molecular weight excluding hydrogens is 721 g/mol. The molecule has 0 fully saturated rings. The van der Waals surface area contributed by atoms with Crippen molar-refractivity contribution in [3.63, 3.8) is 0 Å². The predicted octanol–water partition coefficient (Wildman–Crippen LogP) is 13.9. The molecule has 0 atom stereocenters. The van der Waals surface area contributed by atoms with Crippen LogP contribution < -0.4 is 0 Å². The van der Waals surface area contributed by atoms with Crippen LogP contribution >= 0.6 is 0 Å². The SMILES string of the molecule is c1ccc(-n2c3ccccc3c3cc(-n4c5ccccc5c5ccccc54)ccc32)c(Cc2ccc3oc4c(-n5c6ccccc6c6ccccc65)ccnc4c3c2)c1. The molecule has 0 aliphatic rings. The minimum atomic E-state index is 0.749. The summed E-state index contributed by atoms with van der Waals surface area (Å²) in [6, 6.07) is 67.8. The largest absolute Gasteiger partial charge is 0.452 e. The molecule has 13 aromatic rings. The number of hydrogen-bond acceptors (Lipinski definition) is 2. The van der Waals surface area contributed by atoms with Gasteiger partial charge in [0.1, 0.15) is 11.1 Å². The maximum Gasteiger partial charge on any atom is 0.177 e. The smallest absolute Gasteiger partial charge is 0.177 e. The van der Waals surface area contributed by atoms with Crippen LogP contribution in [0.3, 0.4) is 0 Å². The number of aromatic nitrogens is 4. The van der Waals surface area contributed by atoms with E-state index in [-0.39, 0.29) is 0 Å². The minimum absolute atomic E-state index is 0.749. The summed E-state index contributed by atoms with van der Waals surface area (Å²) in [6.45, 7) is 0. The van der Waals surface area contributed by atoms with Crippen LogP contribution in [0.1, 0.15) is 11.1 Å². The van der Waals surface area contributed by atoms with Gasteiger partial charge in [0.15, 0.2) is 5.58 Å². The first-order valence-electron chi connectivity index (χ1n) is 20.2. The van der Waals surface area contributed by atoms with Crippen molar-refractivity contribution in [3.05, 3.63) is 205 Å². The van der Waals surface area contributed by atoms with Gasteiger partial charge < -0.3 is 18.1 Å². The van der Waals surface area contributed by atoms with Crippen molar-refractivity contribution in [1.29, 1.82) is 0 Å². The number of nitrogens with zero attached hydrogens (tertiary/aromatic N) is 4. The maximum absolute atomic E-state index is 6.68. The van der Waals surface area contributed by atoms with Crippen LogP contribution in [0, 0.1) is 0 Å². The maximum atomic E-state index is 6.68. The van der Waals surface area contributed by atoms with Crippen LogP contribution in [0.4, 0.5) is 0 Å². The van der Waals surface area contributed by atoms with E-state index in [0.29, 0.717) is 0 Å². The topological polar surface area (TPSA) is 40.8 Å². The van der Waals surface area contributed by atoms with Crippen LogP contribution in [-0.4, -0.2) is 18.7 Å². The van der Waals surface area contributed by atoms with Crippen molar-refractivity contribution in [2.24, 2.45) is 0 Å². The highest BCUT2D eigenvalue weighted by Crippen LogP contribution is 2.40. The summed E-state index contributed by atoms with van der Waals surface area (Å²) in [6.07, 6.45) is 2.66. The molecule has 0 unspecified atom stereocenters. The van der Waals surface area contributed by atoms with Gasteiger partial charge in [-0.25, -0.2) is 0 Å². The van der Waals surface area contributed by atoms with E-state index in [0.717, 1.165) is 50.9 Å². The molecule has 0 N–H and O–H groups in total. The number of fused-ring (bicyclic) bond motifs is 12. The van der Waals surface area contributed by atoms with Crippen LogP contribution in [0.15, 0.2) is 199 Å². The van der Waals surface area contributed by atoms with Gasteiger partial charge in [0.05, 0.1) is 38.8 Å². The fourth-order valence-corrected chi connectivity index (χ4v) is 9.82. The Morgan fingerprint density at radius 3 is 1.53 bits per heavy atom. The molecule has 0 bridgehead atoms. The van der Waals surface area contributed by atoms with E-state index in [9.17, 15) is 0 Å². The lowest BCUT2D eigenvalue weighted by molar-refractivity contribution is 0.665. The van der Waals surface area contributed by atoms with Crippen molar-refractivity contribution in [3.8, 4) is 17.1 Å². The first-order valence-corrected chi connectivity index (χ1v) is 20.2. The molecule has 5 aromatic heterocycles. The zero-order chi connectivity index (χ0) is 38.6. The molecule has 5 heterocycles. The lowest BCUT2D eigenvalue weighted by Gasteiger charge is -2.14. The Bertz CT molecular complexity index is 3730. The molecule has 0 saturated carbocycles. The molecule has 0 aliphatic heterocycles. The Morgan fingerprint density at radius 1 is 0.390 bits per heavy atom. The average molecular weight is 755 g/mol. The predicted molar refractivity (Wildman–Crippen MR) is 244 cm³/mol. The number of rotatable bonds is 5. The van der Waals surface area contributed by atoms with Gasteiger partial charge in [-0.05, 0) is 90.3 Å². The normalized spacial score (nSPS) is 12.1. The average Bonchev–Trinajstić information content (AvgIpc) is 4.03. The highest BCUT2D eigenvalue weighted by atomic mass is 16.3. The number of para-hydroxylation sites is 6. The fraction of sp³-hybridized carbons (Fsp3) is 0.0185. The lowest BCUT2D eigenvalue weighted by atomic mass is 10.0. The number of hydrogen-bond donors (Lipinski definition) is 0. The van der Waals surface area contributed by atoms with Crippen molar-refractivity contribution < 1.29 is 4.42 Å². The molecule has 0 amide bonds. The van der Waals surface area contributed by atoms with E-state index in [1.807, 2.05) is 6.20 Å². The molecule has 0 saturated heterocycles. The van der Waals surface area contributed by atoms with Gasteiger partial charge in [-0.2, -0.15) is 0 Å². The van der Waals surface area contributed by atoms with Gasteiger partial charge in [-0.3, -0.25) is 4.98 Å². The van der Waals surface area contributed by atoms with Gasteiger partial charge in [0, 0.05) is 55.3 Å². The van der Waals surface area contributed by atoms with Crippen LogP contribution in [0.25, 0.3) is 105 Å². The van der Waals surface area contributed by atoms with Crippen LogP contribution in [-0.2, 0) is 6.42 Å². The summed E-state index contributed by atoms with van der Waals surface area (Å²) in [7, 11) is 0. The highest BCUT2D eigenvalue weighted by molar-refractivity contribution is 6.13. The lowest BCUT2D eigenvalue weighted by Crippen LogP contribution is -2.01. The van der Waals surface area contributed by atoms with E-state index < -0.39 is 0 Å². The molecular formula is C54H34N4O. The summed E-state index contributed by atoms with van der Waals surface area (Å²) < 4.78 is 13.8. The van der Waals surface area contributed by atoms with E-state index in [2.05, 4.69) is 202 Å². The third-order valence-corrected chi connectivity index (χ3v) is 12.3. The molecule has 5 heteroatoms. The van der Waals surface area contributed by atoms with Crippen LogP contribution in [0.5, 0.6) is 0 Å². The van der Waals surface area contributed by atoms with Gasteiger partial charge in [0.25, 0.3) is 0 Å². The molecule has 0 spiro atoms. The zero-order valence-electron chi connectivity index (χ0n) is 31.9. The van der Waals surface area contributed by atoms with E-state index in [1.165, 1.54) is 71.2 Å². The van der Waals surface area contributed by atoms with Crippen LogP contribution in [0.2, 0.25) is 0 Å². The molecule has 5 nitrogen and oxygen atoms in total. The molecule has 0 aliphatic carbocycles. The number of furan rings is 1. The first kappa shape index (κ1) is 32.2. The standard InChI is InChI=1S/C54H34N4O/c1-7-19-44(57-49-24-12-6-18-41(49)42-33-36(26-27-50(42)57)56-45-20-8-2-14-37(45)38-15-3-9-21-46(38)56)35(13-1)31-34-25-28-52-43(32-34)53-54(59-52)51(29-30-55-53)58-47-22-10-4-16-39(47)40-17-5-11-23-48(40)58/h1-30,32-33H,31H2. The number of pyridine rings is 1. The summed E-state index contributed by atoms with van der Waals surface area (Å²) in [5, 5.41) is 8.45. The van der Waals surface area contributed by atoms with Crippen molar-refractivity contribution in [2.45, 2.75) is 6.42 Å². The summed E-state index contributed by atoms with van der Waals surface area (Å²) in [5.74, 6) is 0. The molecule has 8 aromatic carbocycles. The van der Waals surface area contributed by atoms with Gasteiger partial charge in [-0.15, -0.1) is 0 Å². The van der Waals surface area contributed by atoms with Gasteiger partial charge in [0.2, 0.25) is 0 Å². The zero-order valence-corrected chi connectivity index (χ0v) is 31.9. The highest BCUT2D eigenvalue weighted by Gasteiger charge is 2.20. The third-order valence-electron chi connectivity index (χ3n) is 12.3. The number of benzene rings is 8. The quantitative estimate of drug-likeness (QED) is 0.176. The third kappa shape index (κ3) is 4.64. The summed E-state index contributed by atoms with van der Waals surface area (Å²) in [4.78, 5) is 4.92. The summed E-state index contributed by atoms with van der Waals surface area (Å²) in [5.41, 5.74) is 15.3. The molecule has 0 radical (unpaired) electrons. The Balaban J connectivity index is 0.942. The van der Waals surface area contributed by atoms with E-state index in [1.54, 1.807) is 0 Å². The monoisotopic (exact) mass is 754 g/mol.